The molecule has 8 heteroatoms. The highest BCUT2D eigenvalue weighted by Crippen LogP contribution is 2.30. The fourth-order valence-corrected chi connectivity index (χ4v) is 1.39. The average molecular weight is 277 g/mol. The number of esters is 1. The van der Waals surface area contributed by atoms with Crippen molar-refractivity contribution >= 4 is 11.8 Å². The van der Waals surface area contributed by atoms with Crippen LogP contribution < -0.4 is 5.56 Å². The second-order valence-electron chi connectivity index (χ2n) is 3.58. The van der Waals surface area contributed by atoms with Crippen molar-refractivity contribution in [1.29, 1.82) is 0 Å². The third-order valence-electron chi connectivity index (χ3n) is 2.20. The van der Waals surface area contributed by atoms with Crippen LogP contribution in [-0.2, 0) is 10.9 Å². The molecular formula is C11H10F3NO4. The van der Waals surface area contributed by atoms with E-state index in [1.807, 2.05) is 0 Å². The van der Waals surface area contributed by atoms with Crippen molar-refractivity contribution in [3.63, 3.8) is 0 Å². The van der Waals surface area contributed by atoms with Gasteiger partial charge in [0.1, 0.15) is 5.69 Å². The molecule has 0 spiro atoms. The Bertz CT molecular complexity index is 574. The Hall–Kier alpha value is -2.12. The van der Waals surface area contributed by atoms with Gasteiger partial charge in [-0.05, 0) is 19.9 Å². The predicted octanol–water partition coefficient (Wildman–Crippen LogP) is 1.77. The zero-order valence-electron chi connectivity index (χ0n) is 10.1. The molecule has 0 atom stereocenters. The Labute approximate surface area is 105 Å². The Morgan fingerprint density at radius 2 is 1.89 bits per heavy atom. The van der Waals surface area contributed by atoms with E-state index in [0.29, 0.717) is 6.07 Å². The fourth-order valence-electron chi connectivity index (χ4n) is 1.39. The van der Waals surface area contributed by atoms with Crippen LogP contribution in [0.1, 0.15) is 40.3 Å². The molecule has 0 aliphatic rings. The number of nitrogens with one attached hydrogen (secondary N) is 1. The van der Waals surface area contributed by atoms with Gasteiger partial charge < -0.3 is 9.72 Å². The second-order valence-corrected chi connectivity index (χ2v) is 3.58. The second kappa shape index (κ2) is 5.25. The van der Waals surface area contributed by atoms with E-state index in [4.69, 9.17) is 0 Å². The minimum absolute atomic E-state index is 0.134. The molecule has 1 aromatic heterocycles. The van der Waals surface area contributed by atoms with E-state index in [1.165, 1.54) is 11.9 Å². The van der Waals surface area contributed by atoms with Crippen LogP contribution in [-0.4, -0.2) is 23.3 Å². The predicted molar refractivity (Wildman–Crippen MR) is 58.0 cm³/mol. The number of halogens is 3. The molecule has 1 N–H and O–H groups in total. The summed E-state index contributed by atoms with van der Waals surface area (Å²) in [4.78, 5) is 35.4. The molecule has 0 unspecified atom stereocenters. The van der Waals surface area contributed by atoms with Gasteiger partial charge in [-0.15, -0.1) is 0 Å². The Morgan fingerprint density at radius 3 is 2.32 bits per heavy atom. The SMILES string of the molecule is CCOC(=O)c1cc(C(C)=O)c(=O)[nH]c1C(F)(F)F. The van der Waals surface area contributed by atoms with Crippen LogP contribution >= 0.6 is 0 Å². The molecule has 104 valence electrons. The minimum Gasteiger partial charge on any atom is -0.462 e. The molecule has 1 heterocycles. The first-order chi connectivity index (χ1) is 8.68. The van der Waals surface area contributed by atoms with E-state index in [9.17, 15) is 27.6 Å². The monoisotopic (exact) mass is 277 g/mol. The normalized spacial score (nSPS) is 11.2. The molecular weight excluding hydrogens is 267 g/mol. The van der Waals surface area contributed by atoms with Gasteiger partial charge in [-0.1, -0.05) is 0 Å². The zero-order valence-corrected chi connectivity index (χ0v) is 10.1. The number of ether oxygens (including phenoxy) is 1. The van der Waals surface area contributed by atoms with Gasteiger partial charge in [0, 0.05) is 0 Å². The first-order valence-electron chi connectivity index (χ1n) is 5.21. The van der Waals surface area contributed by atoms with Crippen LogP contribution in [0.4, 0.5) is 13.2 Å². The summed E-state index contributed by atoms with van der Waals surface area (Å²) < 4.78 is 42.6. The van der Waals surface area contributed by atoms with E-state index in [-0.39, 0.29) is 6.61 Å². The van der Waals surface area contributed by atoms with E-state index in [0.717, 1.165) is 6.92 Å². The first kappa shape index (κ1) is 14.9. The lowest BCUT2D eigenvalue weighted by molar-refractivity contribution is -0.141. The summed E-state index contributed by atoms with van der Waals surface area (Å²) in [7, 11) is 0. The van der Waals surface area contributed by atoms with Crippen molar-refractivity contribution in [3.8, 4) is 0 Å². The lowest BCUT2D eigenvalue weighted by Crippen LogP contribution is -2.26. The molecule has 1 aromatic rings. The molecule has 0 aliphatic heterocycles. The van der Waals surface area contributed by atoms with Gasteiger partial charge in [-0.2, -0.15) is 13.2 Å². The number of hydrogen-bond donors (Lipinski definition) is 1. The highest BCUT2D eigenvalue weighted by molar-refractivity contribution is 5.98. The van der Waals surface area contributed by atoms with Crippen LogP contribution in [0.25, 0.3) is 0 Å². The number of aromatic nitrogens is 1. The van der Waals surface area contributed by atoms with Crippen molar-refractivity contribution in [2.45, 2.75) is 20.0 Å². The number of ketones is 1. The molecule has 1 rings (SSSR count). The molecule has 0 aliphatic carbocycles. The maximum absolute atomic E-state index is 12.7. The van der Waals surface area contributed by atoms with Crippen LogP contribution in [0.5, 0.6) is 0 Å². The topological polar surface area (TPSA) is 76.2 Å². The van der Waals surface area contributed by atoms with Crippen molar-refractivity contribution in [2.75, 3.05) is 6.61 Å². The molecule has 5 nitrogen and oxygen atoms in total. The zero-order chi connectivity index (χ0) is 14.8. The van der Waals surface area contributed by atoms with Gasteiger partial charge in [0.05, 0.1) is 17.7 Å². The number of pyridine rings is 1. The molecule has 0 fully saturated rings. The van der Waals surface area contributed by atoms with Crippen LogP contribution in [0, 0.1) is 0 Å². The Morgan fingerprint density at radius 1 is 1.32 bits per heavy atom. The highest BCUT2D eigenvalue weighted by atomic mass is 19.4. The molecule has 0 saturated heterocycles. The molecule has 19 heavy (non-hydrogen) atoms. The van der Waals surface area contributed by atoms with Gasteiger partial charge in [0.2, 0.25) is 0 Å². The van der Waals surface area contributed by atoms with Crippen molar-refractivity contribution in [1.82, 2.24) is 4.98 Å². The number of carbonyl (C=O) groups is 2. The summed E-state index contributed by atoms with van der Waals surface area (Å²) in [6.45, 7) is 2.29. The summed E-state index contributed by atoms with van der Waals surface area (Å²) in [5.74, 6) is -2.01. The van der Waals surface area contributed by atoms with Gasteiger partial charge in [-0.25, -0.2) is 4.79 Å². The van der Waals surface area contributed by atoms with Crippen LogP contribution in [0.3, 0.4) is 0 Å². The Kier molecular flexibility index (Phi) is 4.13. The van der Waals surface area contributed by atoms with Gasteiger partial charge >= 0.3 is 12.1 Å². The van der Waals surface area contributed by atoms with Gasteiger partial charge in [-0.3, -0.25) is 9.59 Å². The molecule has 0 saturated carbocycles. The third kappa shape index (κ3) is 3.21. The number of Topliss-reactive ketones (excluding diaryl/α,β-unsaturated/α-hetero) is 1. The number of alkyl halides is 3. The first-order valence-corrected chi connectivity index (χ1v) is 5.21. The minimum atomic E-state index is -4.93. The van der Waals surface area contributed by atoms with Gasteiger partial charge in [0.25, 0.3) is 5.56 Å². The maximum Gasteiger partial charge on any atom is 0.432 e. The average Bonchev–Trinajstić information content (AvgIpc) is 2.27. The molecule has 0 aromatic carbocycles. The summed E-state index contributed by atoms with van der Waals surface area (Å²) in [6, 6.07) is 0.599. The highest BCUT2D eigenvalue weighted by Gasteiger charge is 2.38. The third-order valence-corrected chi connectivity index (χ3v) is 2.20. The van der Waals surface area contributed by atoms with Crippen LogP contribution in [0.15, 0.2) is 10.9 Å². The molecule has 0 radical (unpaired) electrons. The fraction of sp³-hybridized carbons (Fsp3) is 0.364. The van der Waals surface area contributed by atoms with E-state index >= 15 is 0 Å². The smallest absolute Gasteiger partial charge is 0.432 e. The van der Waals surface area contributed by atoms with E-state index < -0.39 is 40.3 Å². The number of hydrogen-bond acceptors (Lipinski definition) is 4. The summed E-state index contributed by atoms with van der Waals surface area (Å²) in [5, 5.41) is 0. The summed E-state index contributed by atoms with van der Waals surface area (Å²) in [5.41, 5.74) is -4.15. The van der Waals surface area contributed by atoms with Crippen LogP contribution in [0.2, 0.25) is 0 Å². The number of carbonyl (C=O) groups excluding carboxylic acids is 2. The maximum atomic E-state index is 12.7. The van der Waals surface area contributed by atoms with Crippen molar-refractivity contribution in [3.05, 3.63) is 33.2 Å². The number of rotatable bonds is 3. The quantitative estimate of drug-likeness (QED) is 0.674. The van der Waals surface area contributed by atoms with Gasteiger partial charge in [0.15, 0.2) is 5.78 Å². The lowest BCUT2D eigenvalue weighted by atomic mass is 10.1. The van der Waals surface area contributed by atoms with Crippen molar-refractivity contribution in [2.24, 2.45) is 0 Å². The summed E-state index contributed by atoms with van der Waals surface area (Å²) in [6.07, 6.45) is -4.93. The number of H-pyrrole nitrogens is 1. The van der Waals surface area contributed by atoms with E-state index in [2.05, 4.69) is 4.74 Å². The summed E-state index contributed by atoms with van der Waals surface area (Å²) >= 11 is 0. The largest absolute Gasteiger partial charge is 0.462 e. The number of aromatic amines is 1. The molecule has 0 amide bonds. The van der Waals surface area contributed by atoms with E-state index in [1.54, 1.807) is 0 Å². The lowest BCUT2D eigenvalue weighted by Gasteiger charge is -2.12. The Balaban J connectivity index is 3.55. The molecule has 0 bridgehead atoms. The standard InChI is InChI=1S/C11H10F3NO4/c1-3-19-10(18)7-4-6(5(2)16)9(17)15-8(7)11(12,13)14/h4H,3H2,1-2H3,(H,15,17). The van der Waals surface area contributed by atoms with Crippen molar-refractivity contribution < 1.29 is 27.5 Å².